The second-order valence-electron chi connectivity index (χ2n) is 10.0. The number of nitro groups is 1. The third-order valence-electron chi connectivity index (χ3n) is 7.36. The zero-order valence-electron chi connectivity index (χ0n) is 23.4. The summed E-state index contributed by atoms with van der Waals surface area (Å²) in [6.07, 6.45) is 3.13. The van der Waals surface area contributed by atoms with Crippen LogP contribution in [0.5, 0.6) is 5.75 Å². The highest BCUT2D eigenvalue weighted by Gasteiger charge is 2.45. The molecule has 0 unspecified atom stereocenters. The third-order valence-corrected chi connectivity index (χ3v) is 7.36. The number of benzene rings is 3. The zero-order valence-corrected chi connectivity index (χ0v) is 23.4. The minimum absolute atomic E-state index is 0.0830. The predicted molar refractivity (Wildman–Crippen MR) is 156 cm³/mol. The van der Waals surface area contributed by atoms with Crippen LogP contribution in [0, 0.1) is 15.9 Å². The van der Waals surface area contributed by atoms with Crippen molar-refractivity contribution in [1.29, 1.82) is 0 Å². The number of carbonyl (C=O) groups is 2. The minimum atomic E-state index is -0.958. The molecule has 0 saturated carbocycles. The van der Waals surface area contributed by atoms with E-state index in [9.17, 15) is 24.1 Å². The van der Waals surface area contributed by atoms with E-state index in [1.165, 1.54) is 62.7 Å². The van der Waals surface area contributed by atoms with Gasteiger partial charge in [0.2, 0.25) is 0 Å². The van der Waals surface area contributed by atoms with Crippen molar-refractivity contribution in [2.24, 2.45) is 0 Å². The summed E-state index contributed by atoms with van der Waals surface area (Å²) in [6, 6.07) is 14.3. The van der Waals surface area contributed by atoms with Crippen LogP contribution < -0.4 is 15.4 Å². The summed E-state index contributed by atoms with van der Waals surface area (Å²) >= 11 is 0. The van der Waals surface area contributed by atoms with E-state index in [1.807, 2.05) is 0 Å². The number of hydrogen-bond acceptors (Lipinski definition) is 9. The fourth-order valence-electron chi connectivity index (χ4n) is 5.12. The van der Waals surface area contributed by atoms with E-state index in [4.69, 9.17) is 13.9 Å². The summed E-state index contributed by atoms with van der Waals surface area (Å²) < 4.78 is 30.4. The van der Waals surface area contributed by atoms with Crippen LogP contribution in [0.2, 0.25) is 0 Å². The highest BCUT2D eigenvalue weighted by Crippen LogP contribution is 2.41. The second kappa shape index (κ2) is 11.2. The highest BCUT2D eigenvalue weighted by atomic mass is 19.1. The van der Waals surface area contributed by atoms with E-state index in [0.717, 1.165) is 0 Å². The van der Waals surface area contributed by atoms with Crippen molar-refractivity contribution in [2.45, 2.75) is 5.54 Å². The van der Waals surface area contributed by atoms with Crippen molar-refractivity contribution in [3.63, 3.8) is 0 Å². The first-order chi connectivity index (χ1) is 21.2. The number of fused-ring (bicyclic) bond motifs is 1. The Labute approximate surface area is 249 Å². The second-order valence-corrected chi connectivity index (χ2v) is 10.0. The molecule has 0 spiro atoms. The van der Waals surface area contributed by atoms with Gasteiger partial charge in [-0.1, -0.05) is 6.07 Å². The normalized spacial score (nSPS) is 13.6. The molecule has 5 aromatic rings. The van der Waals surface area contributed by atoms with Gasteiger partial charge < -0.3 is 24.5 Å². The summed E-state index contributed by atoms with van der Waals surface area (Å²) in [4.78, 5) is 47.0. The predicted octanol–water partition coefficient (Wildman–Crippen LogP) is 4.63. The van der Waals surface area contributed by atoms with Crippen LogP contribution in [0.25, 0.3) is 33.4 Å². The largest absolute Gasteiger partial charge is 0.496 e. The number of furan rings is 1. The van der Waals surface area contributed by atoms with E-state index >= 15 is 0 Å². The molecular formula is C31H24FN5O7. The van der Waals surface area contributed by atoms with Crippen molar-refractivity contribution >= 4 is 28.5 Å². The zero-order chi connectivity index (χ0) is 31.0. The van der Waals surface area contributed by atoms with Crippen LogP contribution in [0.3, 0.4) is 0 Å². The average molecular weight is 598 g/mol. The van der Waals surface area contributed by atoms with Crippen LogP contribution in [-0.2, 0) is 10.3 Å². The summed E-state index contributed by atoms with van der Waals surface area (Å²) in [5.41, 5.74) is -0.127. The maximum atomic E-state index is 13.7. The molecule has 0 radical (unpaired) electrons. The molecule has 1 fully saturated rings. The molecule has 222 valence electrons. The van der Waals surface area contributed by atoms with Crippen molar-refractivity contribution in [3.05, 3.63) is 106 Å². The van der Waals surface area contributed by atoms with Crippen LogP contribution in [0.4, 0.5) is 10.1 Å². The van der Waals surface area contributed by atoms with Gasteiger partial charge in [-0.2, -0.15) is 0 Å². The Hall–Kier alpha value is -5.69. The lowest BCUT2D eigenvalue weighted by molar-refractivity contribution is -0.384. The summed E-state index contributed by atoms with van der Waals surface area (Å²) in [7, 11) is 2.84. The van der Waals surface area contributed by atoms with Gasteiger partial charge in [-0.05, 0) is 54.1 Å². The average Bonchev–Trinajstić information content (AvgIpc) is 3.40. The number of halogens is 1. The molecule has 0 bridgehead atoms. The number of nitro benzene ring substituents is 1. The van der Waals surface area contributed by atoms with Gasteiger partial charge in [-0.25, -0.2) is 14.4 Å². The van der Waals surface area contributed by atoms with Crippen molar-refractivity contribution < 1.29 is 32.8 Å². The standard InChI is InChI=1S/C31H24FN5O7/c1-33-29(39)26-21-13-20(23(37(40)41)14-25(21)44-27(26)17-4-7-19(32)8-5-17)18-6-9-24(42-2)22(12-18)28(38)36-31(15-43-16-31)30-34-10-3-11-35-30/h3-14H,15-16H2,1-2H3,(H,33,39)(H,36,38). The Morgan fingerprint density at radius 3 is 2.34 bits per heavy atom. The van der Waals surface area contributed by atoms with Crippen LogP contribution in [0.1, 0.15) is 26.5 Å². The van der Waals surface area contributed by atoms with Gasteiger partial charge in [0.25, 0.3) is 17.5 Å². The number of methoxy groups -OCH3 is 1. The van der Waals surface area contributed by atoms with Gasteiger partial charge in [0.05, 0.1) is 48.0 Å². The van der Waals surface area contributed by atoms with Crippen LogP contribution >= 0.6 is 0 Å². The fourth-order valence-corrected chi connectivity index (χ4v) is 5.12. The number of rotatable bonds is 8. The third kappa shape index (κ3) is 4.88. The molecule has 44 heavy (non-hydrogen) atoms. The fraction of sp³-hybridized carbons (Fsp3) is 0.161. The number of nitrogens with one attached hydrogen (secondary N) is 2. The first kappa shape index (κ1) is 28.4. The maximum Gasteiger partial charge on any atom is 0.280 e. The van der Waals surface area contributed by atoms with Gasteiger partial charge in [-0.3, -0.25) is 19.7 Å². The monoisotopic (exact) mass is 597 g/mol. The lowest BCUT2D eigenvalue weighted by Gasteiger charge is -2.40. The Morgan fingerprint density at radius 2 is 1.73 bits per heavy atom. The van der Waals surface area contributed by atoms with Crippen molar-refractivity contribution in [2.75, 3.05) is 27.4 Å². The SMILES string of the molecule is CNC(=O)c1c(-c2ccc(F)cc2)oc2cc([N+](=O)[O-])c(-c3ccc(OC)c(C(=O)NC4(c5ncccn5)COC4)c3)cc12. The first-order valence-electron chi connectivity index (χ1n) is 13.3. The van der Waals surface area contributed by atoms with E-state index in [2.05, 4.69) is 20.6 Å². The molecule has 3 aromatic carbocycles. The van der Waals surface area contributed by atoms with E-state index in [1.54, 1.807) is 24.5 Å². The molecule has 1 aliphatic rings. The van der Waals surface area contributed by atoms with E-state index in [0.29, 0.717) is 17.0 Å². The summed E-state index contributed by atoms with van der Waals surface area (Å²) in [6.45, 7) is 0.318. The summed E-state index contributed by atoms with van der Waals surface area (Å²) in [5.74, 6) is -0.779. The molecule has 2 N–H and O–H groups in total. The molecule has 0 atom stereocenters. The van der Waals surface area contributed by atoms with Crippen LogP contribution in [-0.4, -0.2) is 54.1 Å². The van der Waals surface area contributed by atoms with Gasteiger partial charge in [-0.15, -0.1) is 0 Å². The number of aromatic nitrogens is 2. The minimum Gasteiger partial charge on any atom is -0.496 e. The van der Waals surface area contributed by atoms with E-state index < -0.39 is 28.1 Å². The van der Waals surface area contributed by atoms with Crippen LogP contribution in [0.15, 0.2) is 77.5 Å². The highest BCUT2D eigenvalue weighted by molar-refractivity contribution is 6.12. The maximum absolute atomic E-state index is 13.7. The van der Waals surface area contributed by atoms with Gasteiger partial charge >= 0.3 is 0 Å². The molecule has 6 rings (SSSR count). The Morgan fingerprint density at radius 1 is 1.02 bits per heavy atom. The van der Waals surface area contributed by atoms with Crippen molar-refractivity contribution in [3.8, 4) is 28.2 Å². The molecule has 13 heteroatoms. The van der Waals surface area contributed by atoms with Gasteiger partial charge in [0.15, 0.2) is 5.82 Å². The number of amides is 2. The summed E-state index contributed by atoms with van der Waals surface area (Å²) in [5, 5.41) is 18.1. The molecule has 2 amide bonds. The Kier molecular flexibility index (Phi) is 7.23. The molecule has 2 aromatic heterocycles. The molecular weight excluding hydrogens is 573 g/mol. The Bertz CT molecular complexity index is 1920. The van der Waals surface area contributed by atoms with Gasteiger partial charge in [0.1, 0.15) is 28.4 Å². The molecule has 1 aliphatic heterocycles. The lowest BCUT2D eigenvalue weighted by Crippen LogP contribution is -2.60. The smallest absolute Gasteiger partial charge is 0.280 e. The van der Waals surface area contributed by atoms with Gasteiger partial charge in [0, 0.05) is 30.4 Å². The van der Waals surface area contributed by atoms with Crippen molar-refractivity contribution in [1.82, 2.24) is 20.6 Å². The number of ether oxygens (including phenoxy) is 2. The lowest BCUT2D eigenvalue weighted by atomic mass is 9.94. The van der Waals surface area contributed by atoms with E-state index in [-0.39, 0.29) is 58.1 Å². The quantitative estimate of drug-likeness (QED) is 0.192. The number of hydrogen-bond donors (Lipinski definition) is 2. The molecule has 3 heterocycles. The number of carbonyl (C=O) groups excluding carboxylic acids is 2. The molecule has 1 saturated heterocycles. The topological polar surface area (TPSA) is 159 Å². The number of nitrogens with zero attached hydrogens (tertiary/aromatic N) is 3. The first-order valence-corrected chi connectivity index (χ1v) is 13.3. The molecule has 0 aliphatic carbocycles. The molecule has 12 nitrogen and oxygen atoms in total. The Balaban J connectivity index is 1.48.